The molecular weight excluding hydrogens is 272 g/mol. The molecule has 0 aliphatic rings. The van der Waals surface area contributed by atoms with Crippen LogP contribution in [0, 0.1) is 0 Å². The molecule has 0 bridgehead atoms. The van der Waals surface area contributed by atoms with Crippen molar-refractivity contribution in [2.24, 2.45) is 5.84 Å². The van der Waals surface area contributed by atoms with E-state index in [0.29, 0.717) is 5.15 Å². The molecule has 1 unspecified atom stereocenters. The van der Waals surface area contributed by atoms with Crippen LogP contribution in [0.25, 0.3) is 10.9 Å². The molecule has 0 aliphatic heterocycles. The number of halogens is 1. The van der Waals surface area contributed by atoms with Gasteiger partial charge in [0.1, 0.15) is 5.15 Å². The fourth-order valence-electron chi connectivity index (χ4n) is 2.24. The van der Waals surface area contributed by atoms with Crippen LogP contribution >= 0.6 is 11.6 Å². The highest BCUT2D eigenvalue weighted by Crippen LogP contribution is 2.25. The summed E-state index contributed by atoms with van der Waals surface area (Å²) < 4.78 is 0. The summed E-state index contributed by atoms with van der Waals surface area (Å²) in [6, 6.07) is 13.6. The molecule has 100 valence electrons. The second kappa shape index (κ2) is 5.54. The van der Waals surface area contributed by atoms with Gasteiger partial charge in [-0.15, -0.1) is 0 Å². The second-order valence-corrected chi connectivity index (χ2v) is 4.85. The SMILES string of the molecule is NNC(c1ccnc(Cl)c1)c1ccc2cccnc2c1. The maximum absolute atomic E-state index is 5.94. The van der Waals surface area contributed by atoms with E-state index in [0.717, 1.165) is 22.0 Å². The van der Waals surface area contributed by atoms with E-state index in [-0.39, 0.29) is 6.04 Å². The summed E-state index contributed by atoms with van der Waals surface area (Å²) in [4.78, 5) is 8.35. The number of nitrogens with one attached hydrogen (secondary N) is 1. The molecule has 4 nitrogen and oxygen atoms in total. The number of rotatable bonds is 3. The van der Waals surface area contributed by atoms with E-state index < -0.39 is 0 Å². The van der Waals surface area contributed by atoms with E-state index >= 15 is 0 Å². The Kier molecular flexibility index (Phi) is 3.60. The lowest BCUT2D eigenvalue weighted by Gasteiger charge is -2.17. The van der Waals surface area contributed by atoms with Gasteiger partial charge in [0.25, 0.3) is 0 Å². The second-order valence-electron chi connectivity index (χ2n) is 4.47. The van der Waals surface area contributed by atoms with Crippen molar-refractivity contribution in [2.75, 3.05) is 0 Å². The smallest absolute Gasteiger partial charge is 0.129 e. The zero-order valence-corrected chi connectivity index (χ0v) is 11.4. The minimum atomic E-state index is -0.151. The van der Waals surface area contributed by atoms with Gasteiger partial charge in [0, 0.05) is 17.8 Å². The van der Waals surface area contributed by atoms with Crippen molar-refractivity contribution in [1.29, 1.82) is 0 Å². The van der Waals surface area contributed by atoms with Gasteiger partial charge in [0.2, 0.25) is 0 Å². The fourth-order valence-corrected chi connectivity index (χ4v) is 2.43. The number of nitrogens with zero attached hydrogens (tertiary/aromatic N) is 2. The van der Waals surface area contributed by atoms with Crippen molar-refractivity contribution in [3.05, 3.63) is 71.1 Å². The Morgan fingerprint density at radius 3 is 2.65 bits per heavy atom. The molecule has 0 aliphatic carbocycles. The summed E-state index contributed by atoms with van der Waals surface area (Å²) >= 11 is 5.94. The van der Waals surface area contributed by atoms with Crippen LogP contribution in [0.2, 0.25) is 5.15 Å². The maximum Gasteiger partial charge on any atom is 0.129 e. The maximum atomic E-state index is 5.94. The Morgan fingerprint density at radius 2 is 1.85 bits per heavy atom. The van der Waals surface area contributed by atoms with E-state index in [4.69, 9.17) is 17.4 Å². The van der Waals surface area contributed by atoms with Crippen LogP contribution in [0.15, 0.2) is 54.9 Å². The number of benzene rings is 1. The van der Waals surface area contributed by atoms with Crippen LogP contribution in [0.3, 0.4) is 0 Å². The number of hydrazine groups is 1. The van der Waals surface area contributed by atoms with Gasteiger partial charge in [-0.1, -0.05) is 29.8 Å². The summed E-state index contributed by atoms with van der Waals surface area (Å²) in [6.07, 6.45) is 3.45. The van der Waals surface area contributed by atoms with Crippen LogP contribution in [-0.2, 0) is 0 Å². The average Bonchev–Trinajstić information content (AvgIpc) is 2.48. The van der Waals surface area contributed by atoms with Crippen LogP contribution in [0.1, 0.15) is 17.2 Å². The summed E-state index contributed by atoms with van der Waals surface area (Å²) in [7, 11) is 0. The summed E-state index contributed by atoms with van der Waals surface area (Å²) in [5.74, 6) is 5.70. The van der Waals surface area contributed by atoms with Gasteiger partial charge < -0.3 is 0 Å². The molecule has 2 heterocycles. The Hall–Kier alpha value is -2.01. The molecule has 0 spiro atoms. The van der Waals surface area contributed by atoms with Crippen LogP contribution in [0.4, 0.5) is 0 Å². The lowest BCUT2D eigenvalue weighted by atomic mass is 9.99. The third kappa shape index (κ3) is 2.49. The number of aromatic nitrogens is 2. The molecule has 3 rings (SSSR count). The molecular formula is C15H13ClN4. The van der Waals surface area contributed by atoms with Gasteiger partial charge in [-0.2, -0.15) is 0 Å². The quantitative estimate of drug-likeness (QED) is 0.441. The average molecular weight is 285 g/mol. The number of nitrogens with two attached hydrogens (primary N) is 1. The van der Waals surface area contributed by atoms with Crippen molar-refractivity contribution in [3.63, 3.8) is 0 Å². The summed E-state index contributed by atoms with van der Waals surface area (Å²) in [6.45, 7) is 0. The number of hydrogen-bond acceptors (Lipinski definition) is 4. The third-order valence-corrected chi connectivity index (χ3v) is 3.42. The minimum absolute atomic E-state index is 0.151. The largest absolute Gasteiger partial charge is 0.271 e. The standard InChI is InChI=1S/C15H13ClN4/c16-14-9-12(5-7-19-14)15(20-17)11-4-3-10-2-1-6-18-13(10)8-11/h1-9,15,20H,17H2. The molecule has 1 atom stereocenters. The van der Waals surface area contributed by atoms with E-state index in [2.05, 4.69) is 15.4 Å². The monoisotopic (exact) mass is 284 g/mol. The summed E-state index contributed by atoms with van der Waals surface area (Å²) in [5, 5.41) is 1.54. The molecule has 0 fully saturated rings. The van der Waals surface area contributed by atoms with E-state index in [1.54, 1.807) is 18.5 Å². The fraction of sp³-hybridized carbons (Fsp3) is 0.0667. The van der Waals surface area contributed by atoms with Gasteiger partial charge in [-0.25, -0.2) is 10.4 Å². The van der Waals surface area contributed by atoms with Gasteiger partial charge in [-0.05, 0) is 35.4 Å². The molecule has 5 heteroatoms. The zero-order valence-electron chi connectivity index (χ0n) is 10.6. The van der Waals surface area contributed by atoms with Gasteiger partial charge in [0.05, 0.1) is 11.6 Å². The lowest BCUT2D eigenvalue weighted by Crippen LogP contribution is -2.28. The molecule has 20 heavy (non-hydrogen) atoms. The Balaban J connectivity index is 2.07. The predicted octanol–water partition coefficient (Wildman–Crippen LogP) is 2.84. The number of hydrogen-bond donors (Lipinski definition) is 2. The summed E-state index contributed by atoms with van der Waals surface area (Å²) in [5.41, 5.74) is 5.74. The van der Waals surface area contributed by atoms with Crippen molar-refractivity contribution in [3.8, 4) is 0 Å². The Morgan fingerprint density at radius 1 is 1.00 bits per heavy atom. The van der Waals surface area contributed by atoms with Gasteiger partial charge >= 0.3 is 0 Å². The zero-order chi connectivity index (χ0) is 13.9. The van der Waals surface area contributed by atoms with E-state index in [9.17, 15) is 0 Å². The van der Waals surface area contributed by atoms with E-state index in [1.165, 1.54) is 0 Å². The first-order valence-corrected chi connectivity index (χ1v) is 6.58. The topological polar surface area (TPSA) is 63.8 Å². The molecule has 0 amide bonds. The normalized spacial score (nSPS) is 12.5. The van der Waals surface area contributed by atoms with Gasteiger partial charge in [-0.3, -0.25) is 10.8 Å². The van der Waals surface area contributed by atoms with Crippen molar-refractivity contribution < 1.29 is 0 Å². The molecule has 0 saturated carbocycles. The highest BCUT2D eigenvalue weighted by molar-refractivity contribution is 6.29. The lowest BCUT2D eigenvalue weighted by molar-refractivity contribution is 0.637. The van der Waals surface area contributed by atoms with Crippen LogP contribution < -0.4 is 11.3 Å². The molecule has 2 aromatic heterocycles. The Labute approximate surface area is 121 Å². The van der Waals surface area contributed by atoms with E-state index in [1.807, 2.05) is 36.4 Å². The first-order chi connectivity index (χ1) is 9.78. The van der Waals surface area contributed by atoms with Crippen LogP contribution in [-0.4, -0.2) is 9.97 Å². The molecule has 0 radical (unpaired) electrons. The third-order valence-electron chi connectivity index (χ3n) is 3.21. The minimum Gasteiger partial charge on any atom is -0.271 e. The molecule has 0 saturated heterocycles. The Bertz CT molecular complexity index is 745. The highest BCUT2D eigenvalue weighted by atomic mass is 35.5. The predicted molar refractivity (Wildman–Crippen MR) is 80.2 cm³/mol. The van der Waals surface area contributed by atoms with Crippen LogP contribution in [0.5, 0.6) is 0 Å². The number of fused-ring (bicyclic) bond motifs is 1. The number of pyridine rings is 2. The molecule has 3 N–H and O–H groups in total. The van der Waals surface area contributed by atoms with Crippen molar-refractivity contribution in [1.82, 2.24) is 15.4 Å². The first kappa shape index (κ1) is 13.0. The van der Waals surface area contributed by atoms with Crippen molar-refractivity contribution >= 4 is 22.5 Å². The molecule has 1 aromatic carbocycles. The van der Waals surface area contributed by atoms with Crippen molar-refractivity contribution in [2.45, 2.75) is 6.04 Å². The highest BCUT2D eigenvalue weighted by Gasteiger charge is 2.13. The first-order valence-electron chi connectivity index (χ1n) is 6.20. The molecule has 3 aromatic rings. The van der Waals surface area contributed by atoms with Gasteiger partial charge in [0.15, 0.2) is 0 Å².